The predicted octanol–water partition coefficient (Wildman–Crippen LogP) is 4.50. The van der Waals surface area contributed by atoms with Crippen LogP contribution in [0.1, 0.15) is 27.8 Å². The Bertz CT molecular complexity index is 541. The van der Waals surface area contributed by atoms with Gasteiger partial charge in [0.25, 0.3) is 0 Å². The molecule has 0 radical (unpaired) electrons. The zero-order chi connectivity index (χ0) is 13.1. The van der Waals surface area contributed by atoms with E-state index in [0.717, 1.165) is 5.75 Å². The van der Waals surface area contributed by atoms with Crippen LogP contribution >= 0.6 is 0 Å². The van der Waals surface area contributed by atoms with Gasteiger partial charge in [0.2, 0.25) is 0 Å². The largest absolute Gasteiger partial charge is 0.489 e. The third-order valence-electron chi connectivity index (χ3n) is 3.67. The highest BCUT2D eigenvalue weighted by Crippen LogP contribution is 2.27. The third kappa shape index (κ3) is 2.56. The van der Waals surface area contributed by atoms with E-state index < -0.39 is 0 Å². The van der Waals surface area contributed by atoms with E-state index in [1.54, 1.807) is 0 Å². The molecule has 0 aliphatic rings. The smallest absolute Gasteiger partial charge is 0.123 e. The predicted molar refractivity (Wildman–Crippen MR) is 76.2 cm³/mol. The quantitative estimate of drug-likeness (QED) is 0.767. The lowest BCUT2D eigenvalue weighted by molar-refractivity contribution is 0.303. The second-order valence-corrected chi connectivity index (χ2v) is 4.84. The van der Waals surface area contributed by atoms with Crippen LogP contribution in [-0.2, 0) is 6.61 Å². The van der Waals surface area contributed by atoms with E-state index >= 15 is 0 Å². The standard InChI is InChI=1S/C17H20O/c1-12-10-17(15(4)14(3)13(12)2)18-11-16-8-6-5-7-9-16/h5-10H,11H2,1-4H3. The summed E-state index contributed by atoms with van der Waals surface area (Å²) in [5, 5.41) is 0. The van der Waals surface area contributed by atoms with E-state index in [1.165, 1.54) is 27.8 Å². The van der Waals surface area contributed by atoms with Crippen molar-refractivity contribution in [1.29, 1.82) is 0 Å². The first-order chi connectivity index (χ1) is 8.59. The Morgan fingerprint density at radius 3 is 2.17 bits per heavy atom. The van der Waals surface area contributed by atoms with Crippen molar-refractivity contribution in [3.63, 3.8) is 0 Å². The van der Waals surface area contributed by atoms with Gasteiger partial charge in [-0.1, -0.05) is 30.3 Å². The van der Waals surface area contributed by atoms with E-state index in [4.69, 9.17) is 4.74 Å². The minimum Gasteiger partial charge on any atom is -0.489 e. The summed E-state index contributed by atoms with van der Waals surface area (Å²) in [6.07, 6.45) is 0. The van der Waals surface area contributed by atoms with Gasteiger partial charge in [-0.25, -0.2) is 0 Å². The molecule has 0 aliphatic heterocycles. The second-order valence-electron chi connectivity index (χ2n) is 4.84. The van der Waals surface area contributed by atoms with Crippen LogP contribution in [0.2, 0.25) is 0 Å². The maximum atomic E-state index is 5.94. The first-order valence-corrected chi connectivity index (χ1v) is 6.33. The van der Waals surface area contributed by atoms with Gasteiger partial charge in [0.05, 0.1) is 0 Å². The summed E-state index contributed by atoms with van der Waals surface area (Å²) >= 11 is 0. The lowest BCUT2D eigenvalue weighted by Gasteiger charge is -2.15. The first kappa shape index (κ1) is 12.7. The van der Waals surface area contributed by atoms with Gasteiger partial charge >= 0.3 is 0 Å². The van der Waals surface area contributed by atoms with Crippen molar-refractivity contribution in [2.24, 2.45) is 0 Å². The number of benzene rings is 2. The summed E-state index contributed by atoms with van der Waals surface area (Å²) in [7, 11) is 0. The third-order valence-corrected chi connectivity index (χ3v) is 3.67. The number of aryl methyl sites for hydroxylation is 1. The Hall–Kier alpha value is -1.76. The fraction of sp³-hybridized carbons (Fsp3) is 0.294. The van der Waals surface area contributed by atoms with E-state index in [1.807, 2.05) is 18.2 Å². The van der Waals surface area contributed by atoms with E-state index in [0.29, 0.717) is 6.61 Å². The number of ether oxygens (including phenoxy) is 1. The minimum absolute atomic E-state index is 0.629. The Balaban J connectivity index is 2.20. The summed E-state index contributed by atoms with van der Waals surface area (Å²) in [4.78, 5) is 0. The molecule has 0 atom stereocenters. The van der Waals surface area contributed by atoms with Crippen molar-refractivity contribution in [2.45, 2.75) is 34.3 Å². The maximum absolute atomic E-state index is 5.94. The monoisotopic (exact) mass is 240 g/mol. The van der Waals surface area contributed by atoms with E-state index in [9.17, 15) is 0 Å². The molecule has 0 amide bonds. The van der Waals surface area contributed by atoms with E-state index in [-0.39, 0.29) is 0 Å². The molecule has 0 saturated heterocycles. The van der Waals surface area contributed by atoms with Crippen LogP contribution in [0.3, 0.4) is 0 Å². The summed E-state index contributed by atoms with van der Waals surface area (Å²) in [6, 6.07) is 12.4. The Kier molecular flexibility index (Phi) is 3.71. The molecular formula is C17H20O. The lowest BCUT2D eigenvalue weighted by Crippen LogP contribution is -2.00. The molecule has 0 heterocycles. The van der Waals surface area contributed by atoms with Gasteiger partial charge in [-0.3, -0.25) is 0 Å². The Morgan fingerprint density at radius 2 is 1.50 bits per heavy atom. The van der Waals surface area contributed by atoms with Crippen molar-refractivity contribution in [3.8, 4) is 5.75 Å². The van der Waals surface area contributed by atoms with Gasteiger partial charge in [-0.05, 0) is 61.6 Å². The average Bonchev–Trinajstić information content (AvgIpc) is 2.40. The molecule has 0 bridgehead atoms. The molecule has 1 heteroatoms. The van der Waals surface area contributed by atoms with Gasteiger partial charge in [-0.2, -0.15) is 0 Å². The van der Waals surface area contributed by atoms with Crippen LogP contribution in [0.25, 0.3) is 0 Å². The summed E-state index contributed by atoms with van der Waals surface area (Å²) in [5.41, 5.74) is 6.43. The van der Waals surface area contributed by atoms with Gasteiger partial charge in [0, 0.05) is 0 Å². The summed E-state index contributed by atoms with van der Waals surface area (Å²) in [6.45, 7) is 9.22. The first-order valence-electron chi connectivity index (χ1n) is 6.33. The highest BCUT2D eigenvalue weighted by Gasteiger charge is 2.08. The van der Waals surface area contributed by atoms with Crippen molar-refractivity contribution in [1.82, 2.24) is 0 Å². The molecule has 0 saturated carbocycles. The number of rotatable bonds is 3. The number of hydrogen-bond donors (Lipinski definition) is 0. The zero-order valence-electron chi connectivity index (χ0n) is 11.6. The van der Waals surface area contributed by atoms with Crippen LogP contribution in [-0.4, -0.2) is 0 Å². The second kappa shape index (κ2) is 5.26. The maximum Gasteiger partial charge on any atom is 0.123 e. The van der Waals surface area contributed by atoms with E-state index in [2.05, 4.69) is 45.9 Å². The normalized spacial score (nSPS) is 10.4. The van der Waals surface area contributed by atoms with Crippen LogP contribution in [0, 0.1) is 27.7 Å². The minimum atomic E-state index is 0.629. The molecule has 0 aromatic heterocycles. The molecule has 0 N–H and O–H groups in total. The molecule has 2 rings (SSSR count). The van der Waals surface area contributed by atoms with Crippen LogP contribution in [0.4, 0.5) is 0 Å². The SMILES string of the molecule is Cc1cc(OCc2ccccc2)c(C)c(C)c1C. The van der Waals surface area contributed by atoms with Crippen LogP contribution < -0.4 is 4.74 Å². The summed E-state index contributed by atoms with van der Waals surface area (Å²) < 4.78 is 5.94. The Morgan fingerprint density at radius 1 is 0.833 bits per heavy atom. The molecular weight excluding hydrogens is 220 g/mol. The molecule has 2 aromatic carbocycles. The fourth-order valence-electron chi connectivity index (χ4n) is 2.06. The van der Waals surface area contributed by atoms with Gasteiger partial charge in [-0.15, -0.1) is 0 Å². The van der Waals surface area contributed by atoms with Crippen LogP contribution in [0.5, 0.6) is 5.75 Å². The molecule has 94 valence electrons. The zero-order valence-corrected chi connectivity index (χ0v) is 11.6. The van der Waals surface area contributed by atoms with Crippen molar-refractivity contribution in [2.75, 3.05) is 0 Å². The highest BCUT2D eigenvalue weighted by atomic mass is 16.5. The van der Waals surface area contributed by atoms with Crippen molar-refractivity contribution in [3.05, 3.63) is 64.2 Å². The van der Waals surface area contributed by atoms with Crippen molar-refractivity contribution < 1.29 is 4.74 Å². The molecule has 18 heavy (non-hydrogen) atoms. The molecule has 0 aliphatic carbocycles. The highest BCUT2D eigenvalue weighted by molar-refractivity contribution is 5.47. The topological polar surface area (TPSA) is 9.23 Å². The van der Waals surface area contributed by atoms with Gasteiger partial charge in [0.1, 0.15) is 12.4 Å². The van der Waals surface area contributed by atoms with Crippen molar-refractivity contribution >= 4 is 0 Å². The molecule has 1 nitrogen and oxygen atoms in total. The molecule has 0 unspecified atom stereocenters. The van der Waals surface area contributed by atoms with Gasteiger partial charge < -0.3 is 4.74 Å². The molecule has 0 fully saturated rings. The Labute approximate surface area is 109 Å². The molecule has 2 aromatic rings. The summed E-state index contributed by atoms with van der Waals surface area (Å²) in [5.74, 6) is 0.999. The van der Waals surface area contributed by atoms with Gasteiger partial charge in [0.15, 0.2) is 0 Å². The van der Waals surface area contributed by atoms with Crippen LogP contribution in [0.15, 0.2) is 36.4 Å². The fourth-order valence-corrected chi connectivity index (χ4v) is 2.06. The average molecular weight is 240 g/mol. The lowest BCUT2D eigenvalue weighted by atomic mass is 9.99. The number of hydrogen-bond acceptors (Lipinski definition) is 1. The molecule has 0 spiro atoms.